The third kappa shape index (κ3) is 1.07. The van der Waals surface area contributed by atoms with Gasteiger partial charge < -0.3 is 4.40 Å². The SMILES string of the molecule is Brc1ccn2cc3ccccc3cc12. The summed E-state index contributed by atoms with van der Waals surface area (Å²) in [5.41, 5.74) is 1.21. The van der Waals surface area contributed by atoms with Gasteiger partial charge in [-0.15, -0.1) is 0 Å². The molecule has 2 heterocycles. The van der Waals surface area contributed by atoms with Crippen LogP contribution < -0.4 is 0 Å². The Kier molecular flexibility index (Phi) is 1.64. The van der Waals surface area contributed by atoms with Crippen LogP contribution in [0.25, 0.3) is 16.3 Å². The second kappa shape index (κ2) is 2.85. The lowest BCUT2D eigenvalue weighted by molar-refractivity contribution is 1.22. The predicted octanol–water partition coefficient (Wildman–Crippen LogP) is 3.86. The Morgan fingerprint density at radius 2 is 1.79 bits per heavy atom. The van der Waals surface area contributed by atoms with Crippen molar-refractivity contribution >= 4 is 32.2 Å². The van der Waals surface area contributed by atoms with Crippen LogP contribution in [0.3, 0.4) is 0 Å². The molecule has 0 N–H and O–H groups in total. The molecule has 0 bridgehead atoms. The highest BCUT2D eigenvalue weighted by Gasteiger charge is 2.00. The number of hydrogen-bond acceptors (Lipinski definition) is 0. The lowest BCUT2D eigenvalue weighted by atomic mass is 10.2. The van der Waals surface area contributed by atoms with E-state index in [0.29, 0.717) is 0 Å². The van der Waals surface area contributed by atoms with Crippen LogP contribution in [0, 0.1) is 0 Å². The summed E-state index contributed by atoms with van der Waals surface area (Å²) in [6.45, 7) is 0. The third-order valence-electron chi connectivity index (χ3n) is 2.47. The van der Waals surface area contributed by atoms with Crippen molar-refractivity contribution in [1.29, 1.82) is 0 Å². The Morgan fingerprint density at radius 3 is 2.64 bits per heavy atom. The van der Waals surface area contributed by atoms with Gasteiger partial charge in [0.15, 0.2) is 0 Å². The smallest absolute Gasteiger partial charge is 0.0598 e. The van der Waals surface area contributed by atoms with E-state index >= 15 is 0 Å². The summed E-state index contributed by atoms with van der Waals surface area (Å²) >= 11 is 3.53. The van der Waals surface area contributed by atoms with Crippen molar-refractivity contribution in [3.63, 3.8) is 0 Å². The van der Waals surface area contributed by atoms with Gasteiger partial charge in [-0.25, -0.2) is 0 Å². The van der Waals surface area contributed by atoms with E-state index in [9.17, 15) is 0 Å². The molecule has 1 aromatic carbocycles. The molecule has 0 atom stereocenters. The second-order valence-corrected chi connectivity index (χ2v) is 4.21. The van der Waals surface area contributed by atoms with E-state index in [4.69, 9.17) is 0 Å². The fraction of sp³-hybridized carbons (Fsp3) is 0. The van der Waals surface area contributed by atoms with Crippen LogP contribution in [0.1, 0.15) is 0 Å². The number of benzene rings is 1. The van der Waals surface area contributed by atoms with Gasteiger partial charge in [0, 0.05) is 16.9 Å². The molecule has 0 spiro atoms. The average molecular weight is 246 g/mol. The summed E-state index contributed by atoms with van der Waals surface area (Å²) in [7, 11) is 0. The molecule has 3 rings (SSSR count). The minimum atomic E-state index is 1.14. The Morgan fingerprint density at radius 1 is 1.00 bits per heavy atom. The molecule has 14 heavy (non-hydrogen) atoms. The number of hydrogen-bond donors (Lipinski definition) is 0. The lowest BCUT2D eigenvalue weighted by Gasteiger charge is -2.00. The van der Waals surface area contributed by atoms with Crippen molar-refractivity contribution < 1.29 is 0 Å². The van der Waals surface area contributed by atoms with Gasteiger partial charge in [0.1, 0.15) is 0 Å². The molecule has 0 unspecified atom stereocenters. The van der Waals surface area contributed by atoms with Crippen molar-refractivity contribution in [2.75, 3.05) is 0 Å². The van der Waals surface area contributed by atoms with Crippen LogP contribution in [-0.2, 0) is 0 Å². The summed E-state index contributed by atoms with van der Waals surface area (Å²) in [4.78, 5) is 0. The molecule has 0 saturated heterocycles. The zero-order valence-electron chi connectivity index (χ0n) is 7.44. The zero-order chi connectivity index (χ0) is 9.54. The summed E-state index contributed by atoms with van der Waals surface area (Å²) in [5.74, 6) is 0. The standard InChI is InChI=1S/C12H8BrN/c13-11-5-6-14-8-10-4-2-1-3-9(10)7-12(11)14/h1-8H. The fourth-order valence-corrected chi connectivity index (χ4v) is 2.19. The molecule has 3 aromatic rings. The van der Waals surface area contributed by atoms with E-state index in [1.54, 1.807) is 0 Å². The highest BCUT2D eigenvalue weighted by molar-refractivity contribution is 9.10. The Balaban J connectivity index is 2.54. The molecule has 1 nitrogen and oxygen atoms in total. The molecule has 0 aliphatic carbocycles. The largest absolute Gasteiger partial charge is 0.322 e. The average Bonchev–Trinajstić information content (AvgIpc) is 2.57. The molecule has 0 aliphatic rings. The van der Waals surface area contributed by atoms with Crippen molar-refractivity contribution in [3.8, 4) is 0 Å². The van der Waals surface area contributed by atoms with Gasteiger partial charge in [-0.05, 0) is 38.8 Å². The van der Waals surface area contributed by atoms with E-state index in [1.807, 2.05) is 0 Å². The molecule has 0 fully saturated rings. The van der Waals surface area contributed by atoms with Crippen LogP contribution in [0.2, 0.25) is 0 Å². The van der Waals surface area contributed by atoms with E-state index in [0.717, 1.165) is 4.47 Å². The lowest BCUT2D eigenvalue weighted by Crippen LogP contribution is -1.82. The number of fused-ring (bicyclic) bond motifs is 2. The Labute approximate surface area is 90.1 Å². The highest BCUT2D eigenvalue weighted by atomic mass is 79.9. The number of pyridine rings is 1. The second-order valence-electron chi connectivity index (χ2n) is 3.36. The van der Waals surface area contributed by atoms with Crippen molar-refractivity contribution in [2.45, 2.75) is 0 Å². The fourth-order valence-electron chi connectivity index (χ4n) is 1.75. The van der Waals surface area contributed by atoms with Crippen LogP contribution >= 0.6 is 15.9 Å². The van der Waals surface area contributed by atoms with Crippen molar-refractivity contribution in [3.05, 3.63) is 53.3 Å². The number of aromatic nitrogens is 1. The first kappa shape index (κ1) is 8.06. The number of rotatable bonds is 0. The highest BCUT2D eigenvalue weighted by Crippen LogP contribution is 2.23. The Bertz CT molecular complexity index is 610. The normalized spacial score (nSPS) is 11.2. The minimum Gasteiger partial charge on any atom is -0.322 e. The van der Waals surface area contributed by atoms with Crippen LogP contribution in [0.15, 0.2) is 53.3 Å². The first-order chi connectivity index (χ1) is 6.84. The van der Waals surface area contributed by atoms with Crippen molar-refractivity contribution in [2.24, 2.45) is 0 Å². The van der Waals surface area contributed by atoms with E-state index in [2.05, 4.69) is 69.1 Å². The molecule has 0 saturated carbocycles. The summed E-state index contributed by atoms with van der Waals surface area (Å²) < 4.78 is 3.27. The molecule has 68 valence electrons. The van der Waals surface area contributed by atoms with Gasteiger partial charge in [0.05, 0.1) is 5.52 Å². The molecular formula is C12H8BrN. The van der Waals surface area contributed by atoms with Gasteiger partial charge in [0.25, 0.3) is 0 Å². The Hall–Kier alpha value is -1.28. The molecule has 0 amide bonds. The van der Waals surface area contributed by atoms with Gasteiger partial charge in [-0.3, -0.25) is 0 Å². The molecule has 2 heteroatoms. The minimum absolute atomic E-state index is 1.14. The van der Waals surface area contributed by atoms with Crippen LogP contribution in [-0.4, -0.2) is 4.40 Å². The summed E-state index contributed by atoms with van der Waals surface area (Å²) in [5, 5.41) is 2.54. The van der Waals surface area contributed by atoms with Gasteiger partial charge in [0.2, 0.25) is 0 Å². The number of halogens is 1. The van der Waals surface area contributed by atoms with Gasteiger partial charge >= 0.3 is 0 Å². The molecule has 2 aromatic heterocycles. The maximum absolute atomic E-state index is 3.53. The number of nitrogens with zero attached hydrogens (tertiary/aromatic N) is 1. The van der Waals surface area contributed by atoms with Crippen molar-refractivity contribution in [1.82, 2.24) is 4.40 Å². The maximum Gasteiger partial charge on any atom is 0.0598 e. The summed E-state index contributed by atoms with van der Waals surface area (Å²) in [6.07, 6.45) is 4.21. The first-order valence-electron chi connectivity index (χ1n) is 4.49. The van der Waals surface area contributed by atoms with Crippen LogP contribution in [0.4, 0.5) is 0 Å². The predicted molar refractivity (Wildman–Crippen MR) is 62.6 cm³/mol. The quantitative estimate of drug-likeness (QED) is 0.567. The zero-order valence-corrected chi connectivity index (χ0v) is 9.03. The van der Waals surface area contributed by atoms with Crippen LogP contribution in [0.5, 0.6) is 0 Å². The third-order valence-corrected chi connectivity index (χ3v) is 3.14. The first-order valence-corrected chi connectivity index (χ1v) is 5.29. The van der Waals surface area contributed by atoms with Gasteiger partial charge in [-0.1, -0.05) is 24.3 Å². The molecule has 0 radical (unpaired) electrons. The van der Waals surface area contributed by atoms with E-state index in [1.165, 1.54) is 16.3 Å². The monoisotopic (exact) mass is 245 g/mol. The molecular weight excluding hydrogens is 238 g/mol. The maximum atomic E-state index is 3.53. The van der Waals surface area contributed by atoms with E-state index in [-0.39, 0.29) is 0 Å². The van der Waals surface area contributed by atoms with E-state index < -0.39 is 0 Å². The molecule has 0 aliphatic heterocycles. The summed E-state index contributed by atoms with van der Waals surface area (Å²) in [6, 6.07) is 12.6. The topological polar surface area (TPSA) is 4.41 Å². The van der Waals surface area contributed by atoms with Gasteiger partial charge in [-0.2, -0.15) is 0 Å².